The second-order valence-corrected chi connectivity index (χ2v) is 9.31. The molecule has 0 aromatic heterocycles. The van der Waals surface area contributed by atoms with Gasteiger partial charge in [-0.3, -0.25) is 9.98 Å². The first-order valence-electron chi connectivity index (χ1n) is 11.1. The maximum atomic E-state index is 12.5. The molecule has 0 amide bonds. The molecule has 0 fully saturated rings. The van der Waals surface area contributed by atoms with Crippen LogP contribution in [0.3, 0.4) is 0 Å². The summed E-state index contributed by atoms with van der Waals surface area (Å²) in [5, 5.41) is 37.3. The first-order valence-corrected chi connectivity index (χ1v) is 11.5. The molecule has 36 heavy (non-hydrogen) atoms. The molecule has 0 aliphatic rings. The summed E-state index contributed by atoms with van der Waals surface area (Å²) >= 11 is 3.70. The molecule has 4 rings (SSSR count). The summed E-state index contributed by atoms with van der Waals surface area (Å²) in [5.41, 5.74) is -0.0974. The molecule has 182 valence electrons. The molecule has 4 aromatic carbocycles. The van der Waals surface area contributed by atoms with Crippen molar-refractivity contribution in [2.24, 2.45) is 9.98 Å². The fourth-order valence-electron chi connectivity index (χ4n) is 3.59. The van der Waals surface area contributed by atoms with Gasteiger partial charge in [-0.05, 0) is 60.4 Å². The molecular weight excluding hydrogens is 509 g/mol. The average molecular weight is 536 g/mol. The molecule has 0 N–H and O–H groups in total. The third-order valence-corrected chi connectivity index (χ3v) is 6.39. The number of hydrogen-bond donors (Lipinski definition) is 0. The van der Waals surface area contributed by atoms with Crippen LogP contribution in [0.1, 0.15) is 38.8 Å². The Morgan fingerprint density at radius 3 is 1.39 bits per heavy atom. The SMILES string of the molecule is CC(C)(N=Cc1c([O-])ccc2ccccc12)C(C)(C)N=Cc1c([O-])ccc2ccccc12.[Mn+3].[N-]=C=S. The Balaban J connectivity index is 0.00000109. The van der Waals surface area contributed by atoms with Crippen molar-refractivity contribution < 1.29 is 27.3 Å². The molecular formula is C29H26MnN3O2S. The largest absolute Gasteiger partial charge is 3.00 e. The van der Waals surface area contributed by atoms with Gasteiger partial charge in [0, 0.05) is 12.4 Å². The Morgan fingerprint density at radius 2 is 1.03 bits per heavy atom. The van der Waals surface area contributed by atoms with E-state index in [0.717, 1.165) is 21.5 Å². The van der Waals surface area contributed by atoms with Gasteiger partial charge in [0.1, 0.15) is 0 Å². The number of rotatable bonds is 5. The van der Waals surface area contributed by atoms with Gasteiger partial charge in [-0.1, -0.05) is 96.5 Å². The average Bonchev–Trinajstić information content (AvgIpc) is 2.83. The van der Waals surface area contributed by atoms with Crippen molar-refractivity contribution in [1.29, 1.82) is 0 Å². The fourth-order valence-corrected chi connectivity index (χ4v) is 3.59. The van der Waals surface area contributed by atoms with Crippen molar-refractivity contribution in [1.82, 2.24) is 0 Å². The van der Waals surface area contributed by atoms with Crippen molar-refractivity contribution >= 4 is 51.4 Å². The van der Waals surface area contributed by atoms with Crippen LogP contribution in [-0.4, -0.2) is 28.7 Å². The summed E-state index contributed by atoms with van der Waals surface area (Å²) < 4.78 is 0. The summed E-state index contributed by atoms with van der Waals surface area (Å²) in [4.78, 5) is 9.58. The molecule has 0 spiro atoms. The molecule has 0 bridgehead atoms. The first-order chi connectivity index (χ1) is 16.6. The third kappa shape index (κ3) is 6.26. The minimum absolute atomic E-state index is 0. The molecule has 0 heterocycles. The summed E-state index contributed by atoms with van der Waals surface area (Å²) in [5.74, 6) is -0.118. The molecule has 7 heteroatoms. The van der Waals surface area contributed by atoms with Crippen LogP contribution < -0.4 is 10.2 Å². The third-order valence-electron chi connectivity index (χ3n) is 6.39. The fraction of sp³-hybridized carbons (Fsp3) is 0.207. The number of aliphatic imine (C=N–C) groups is 2. The summed E-state index contributed by atoms with van der Waals surface area (Å²) in [6, 6.07) is 22.4. The van der Waals surface area contributed by atoms with E-state index in [0.29, 0.717) is 11.1 Å². The summed E-state index contributed by atoms with van der Waals surface area (Å²) in [6.07, 6.45) is 3.33. The van der Waals surface area contributed by atoms with Gasteiger partial charge in [-0.15, -0.1) is 0 Å². The molecule has 0 atom stereocenters. The van der Waals surface area contributed by atoms with Crippen LogP contribution in [0.25, 0.3) is 27.0 Å². The van der Waals surface area contributed by atoms with Gasteiger partial charge < -0.3 is 15.6 Å². The second kappa shape index (κ2) is 12.1. The number of nitrogens with zero attached hydrogens (tertiary/aromatic N) is 3. The number of thiocarbonyl (C=S) groups is 1. The quantitative estimate of drug-likeness (QED) is 0.181. The van der Waals surface area contributed by atoms with Crippen LogP contribution in [0.4, 0.5) is 0 Å². The Morgan fingerprint density at radius 1 is 0.694 bits per heavy atom. The van der Waals surface area contributed by atoms with Gasteiger partial charge in [0.05, 0.1) is 11.1 Å². The van der Waals surface area contributed by atoms with E-state index < -0.39 is 11.1 Å². The monoisotopic (exact) mass is 535 g/mol. The van der Waals surface area contributed by atoms with Crippen molar-refractivity contribution in [3.05, 3.63) is 89.3 Å². The number of benzene rings is 4. The van der Waals surface area contributed by atoms with Gasteiger partial charge in [0.25, 0.3) is 0 Å². The zero-order valence-electron chi connectivity index (χ0n) is 20.5. The van der Waals surface area contributed by atoms with Gasteiger partial charge in [-0.2, -0.15) is 5.16 Å². The standard InChI is InChI=1S/C28H28N2O2.CNS.Mn/c1-27(2,29-17-23-21-11-7-5-9-19(21)13-15-25(23)31)28(3,4)30-18-24-22-12-8-6-10-20(22)14-16-26(24)32;2-1-3;/h5-18,31-32H,1-4H3;;/q;-1;+3/p-2. The first kappa shape index (κ1) is 28.9. The van der Waals surface area contributed by atoms with E-state index in [1.807, 2.05) is 88.4 Å². The van der Waals surface area contributed by atoms with Crippen molar-refractivity contribution in [3.63, 3.8) is 0 Å². The topological polar surface area (TPSA) is 93.1 Å². The molecule has 5 nitrogen and oxygen atoms in total. The molecule has 0 saturated carbocycles. The Hall–Kier alpha value is -3.34. The maximum absolute atomic E-state index is 12.5. The minimum Gasteiger partial charge on any atom is -0.872 e. The van der Waals surface area contributed by atoms with E-state index in [4.69, 9.17) is 15.4 Å². The van der Waals surface area contributed by atoms with E-state index in [9.17, 15) is 10.2 Å². The summed E-state index contributed by atoms with van der Waals surface area (Å²) in [6.45, 7) is 7.94. The molecule has 0 aliphatic heterocycles. The molecule has 4 aromatic rings. The molecule has 0 unspecified atom stereocenters. The van der Waals surface area contributed by atoms with Crippen LogP contribution in [0.2, 0.25) is 0 Å². The van der Waals surface area contributed by atoms with E-state index in [1.54, 1.807) is 24.6 Å². The van der Waals surface area contributed by atoms with Crippen LogP contribution in [0, 0.1) is 0 Å². The van der Waals surface area contributed by atoms with Crippen molar-refractivity contribution in [2.75, 3.05) is 0 Å². The molecule has 0 saturated heterocycles. The van der Waals surface area contributed by atoms with E-state index in [-0.39, 0.29) is 28.6 Å². The molecule has 0 aliphatic carbocycles. The van der Waals surface area contributed by atoms with Gasteiger partial charge in [0.15, 0.2) is 0 Å². The van der Waals surface area contributed by atoms with E-state index >= 15 is 0 Å². The predicted molar refractivity (Wildman–Crippen MR) is 146 cm³/mol. The zero-order chi connectivity index (χ0) is 25.6. The number of hydrogen-bond acceptors (Lipinski definition) is 5. The number of fused-ring (bicyclic) bond motifs is 2. The Bertz CT molecular complexity index is 1350. The van der Waals surface area contributed by atoms with Crippen LogP contribution >= 0.6 is 12.2 Å². The van der Waals surface area contributed by atoms with Crippen LogP contribution in [0.5, 0.6) is 11.5 Å². The number of isothiocyanates is 1. The van der Waals surface area contributed by atoms with E-state index in [1.165, 1.54) is 5.16 Å². The normalized spacial score (nSPS) is 11.8. The van der Waals surface area contributed by atoms with Gasteiger partial charge in [-0.25, -0.2) is 0 Å². The minimum atomic E-state index is -0.624. The predicted octanol–water partition coefficient (Wildman–Crippen LogP) is 5.89. The Labute approximate surface area is 227 Å². The smallest absolute Gasteiger partial charge is 0.872 e. The second-order valence-electron chi connectivity index (χ2n) is 9.12. The van der Waals surface area contributed by atoms with Crippen LogP contribution in [-0.2, 0) is 17.1 Å². The zero-order valence-corrected chi connectivity index (χ0v) is 22.5. The van der Waals surface area contributed by atoms with Crippen LogP contribution in [0.15, 0.2) is 82.8 Å². The Kier molecular flexibility index (Phi) is 9.69. The maximum Gasteiger partial charge on any atom is 3.00 e. The van der Waals surface area contributed by atoms with Crippen molar-refractivity contribution in [2.45, 2.75) is 38.8 Å². The van der Waals surface area contributed by atoms with E-state index in [2.05, 4.69) is 12.2 Å². The summed E-state index contributed by atoms with van der Waals surface area (Å²) in [7, 11) is 0. The van der Waals surface area contributed by atoms with Crippen molar-refractivity contribution in [3.8, 4) is 11.5 Å². The molecule has 0 radical (unpaired) electrons. The van der Waals surface area contributed by atoms with Gasteiger partial charge >= 0.3 is 17.1 Å². The van der Waals surface area contributed by atoms with Gasteiger partial charge in [0.2, 0.25) is 0 Å².